The molecule has 2 aromatic rings. The second-order valence-electron chi connectivity index (χ2n) is 5.83. The van der Waals surface area contributed by atoms with Gasteiger partial charge in [0, 0.05) is 61.2 Å². The Hall–Kier alpha value is -2.90. The van der Waals surface area contributed by atoms with Gasteiger partial charge in [0.25, 0.3) is 0 Å². The van der Waals surface area contributed by atoms with E-state index in [1.165, 1.54) is 13.2 Å². The second-order valence-corrected chi connectivity index (χ2v) is 5.83. The van der Waals surface area contributed by atoms with E-state index < -0.39 is 4.92 Å². The molecule has 24 heavy (non-hydrogen) atoms. The molecule has 8 heteroatoms. The van der Waals surface area contributed by atoms with Gasteiger partial charge >= 0.3 is 5.69 Å². The highest BCUT2D eigenvalue weighted by Crippen LogP contribution is 2.41. The first-order valence-electron chi connectivity index (χ1n) is 7.59. The zero-order chi connectivity index (χ0) is 17.3. The van der Waals surface area contributed by atoms with Crippen molar-refractivity contribution in [3.8, 4) is 16.9 Å². The highest BCUT2D eigenvalue weighted by Gasteiger charge is 2.28. The number of ether oxygens (including phenoxy) is 1. The summed E-state index contributed by atoms with van der Waals surface area (Å²) in [6, 6.07) is 3.19. The van der Waals surface area contributed by atoms with Gasteiger partial charge in [0.2, 0.25) is 0 Å². The highest BCUT2D eigenvalue weighted by atomic mass is 16.6. The molecule has 0 unspecified atom stereocenters. The van der Waals surface area contributed by atoms with E-state index in [0.717, 1.165) is 30.5 Å². The van der Waals surface area contributed by atoms with Crippen LogP contribution in [0.2, 0.25) is 0 Å². The van der Waals surface area contributed by atoms with Crippen LogP contribution in [-0.2, 0) is 11.8 Å². The quantitative estimate of drug-likeness (QED) is 0.473. The predicted octanol–water partition coefficient (Wildman–Crippen LogP) is 2.03. The van der Waals surface area contributed by atoms with Gasteiger partial charge in [-0.05, 0) is 6.42 Å². The molecule has 1 fully saturated rings. The summed E-state index contributed by atoms with van der Waals surface area (Å²) in [6.07, 6.45) is 5.21. The minimum atomic E-state index is -0.458. The Kier molecular flexibility index (Phi) is 4.20. The molecule has 0 radical (unpaired) electrons. The fraction of sp³-hybridized carbons (Fsp3) is 0.375. The van der Waals surface area contributed by atoms with Gasteiger partial charge in [-0.15, -0.1) is 0 Å². The van der Waals surface area contributed by atoms with Crippen molar-refractivity contribution in [3.63, 3.8) is 0 Å². The average Bonchev–Trinajstić information content (AvgIpc) is 3.22. The van der Waals surface area contributed by atoms with Gasteiger partial charge in [-0.2, -0.15) is 5.10 Å². The van der Waals surface area contributed by atoms with E-state index in [1.54, 1.807) is 24.0 Å². The zero-order valence-electron chi connectivity index (χ0n) is 13.5. The van der Waals surface area contributed by atoms with Crippen molar-refractivity contribution in [2.45, 2.75) is 6.42 Å². The van der Waals surface area contributed by atoms with Gasteiger partial charge in [0.15, 0.2) is 5.75 Å². The number of benzene rings is 1. The summed E-state index contributed by atoms with van der Waals surface area (Å²) in [6.45, 7) is 1.31. The summed E-state index contributed by atoms with van der Waals surface area (Å²) in [5, 5.41) is 15.5. The molecule has 1 aromatic heterocycles. The molecule has 2 heterocycles. The van der Waals surface area contributed by atoms with E-state index in [9.17, 15) is 14.9 Å². The fourth-order valence-corrected chi connectivity index (χ4v) is 3.03. The molecule has 0 bridgehead atoms. The number of rotatable bonds is 5. The van der Waals surface area contributed by atoms with Gasteiger partial charge in [-0.25, -0.2) is 0 Å². The van der Waals surface area contributed by atoms with Gasteiger partial charge in [0.05, 0.1) is 18.2 Å². The van der Waals surface area contributed by atoms with E-state index in [2.05, 4.69) is 10.00 Å². The molecule has 1 aliphatic rings. The van der Waals surface area contributed by atoms with Crippen LogP contribution >= 0.6 is 0 Å². The van der Waals surface area contributed by atoms with Crippen LogP contribution in [0.5, 0.6) is 5.75 Å². The molecular formula is C16H18N4O4. The SMILES string of the molecule is COc1cc(N2CC[C@H](C=O)C2)c(-c2cnn(C)c2)cc1[N+](=O)[O-]. The van der Waals surface area contributed by atoms with Crippen LogP contribution in [0.15, 0.2) is 24.5 Å². The summed E-state index contributed by atoms with van der Waals surface area (Å²) >= 11 is 0. The van der Waals surface area contributed by atoms with Crippen LogP contribution in [0, 0.1) is 16.0 Å². The van der Waals surface area contributed by atoms with Gasteiger partial charge < -0.3 is 14.4 Å². The van der Waals surface area contributed by atoms with Crippen LogP contribution in [0.4, 0.5) is 11.4 Å². The number of methoxy groups -OCH3 is 1. The number of nitro groups is 1. The lowest BCUT2D eigenvalue weighted by Crippen LogP contribution is -2.21. The summed E-state index contributed by atoms with van der Waals surface area (Å²) < 4.78 is 6.84. The maximum absolute atomic E-state index is 11.3. The average molecular weight is 330 g/mol. The van der Waals surface area contributed by atoms with Crippen LogP contribution in [0.1, 0.15) is 6.42 Å². The van der Waals surface area contributed by atoms with Crippen molar-refractivity contribution >= 4 is 17.7 Å². The van der Waals surface area contributed by atoms with E-state index in [1.807, 2.05) is 6.20 Å². The van der Waals surface area contributed by atoms with Gasteiger partial charge in [-0.3, -0.25) is 14.8 Å². The third-order valence-electron chi connectivity index (χ3n) is 4.27. The normalized spacial score (nSPS) is 17.1. The lowest BCUT2D eigenvalue weighted by Gasteiger charge is -2.22. The van der Waals surface area contributed by atoms with Crippen LogP contribution < -0.4 is 9.64 Å². The topological polar surface area (TPSA) is 90.5 Å². The van der Waals surface area contributed by atoms with Crippen LogP contribution in [0.25, 0.3) is 11.1 Å². The molecule has 1 saturated heterocycles. The second kappa shape index (κ2) is 6.31. The lowest BCUT2D eigenvalue weighted by atomic mass is 10.0. The Labute approximate surface area is 138 Å². The maximum Gasteiger partial charge on any atom is 0.311 e. The Morgan fingerprint density at radius 1 is 1.46 bits per heavy atom. The number of hydrogen-bond acceptors (Lipinski definition) is 6. The zero-order valence-corrected chi connectivity index (χ0v) is 13.5. The van der Waals surface area contributed by atoms with Crippen molar-refractivity contribution in [1.82, 2.24) is 9.78 Å². The molecule has 0 spiro atoms. The predicted molar refractivity (Wildman–Crippen MR) is 88.2 cm³/mol. The number of nitrogens with zero attached hydrogens (tertiary/aromatic N) is 4. The number of aldehydes is 1. The molecular weight excluding hydrogens is 312 g/mol. The molecule has 1 aromatic carbocycles. The first-order chi connectivity index (χ1) is 11.5. The minimum Gasteiger partial charge on any atom is -0.490 e. The van der Waals surface area contributed by atoms with E-state index >= 15 is 0 Å². The Morgan fingerprint density at radius 3 is 2.79 bits per heavy atom. The Balaban J connectivity index is 2.14. The summed E-state index contributed by atoms with van der Waals surface area (Å²) in [5.41, 5.74) is 2.22. The standard InChI is InChI=1S/C16H18N4O4/c1-18-9-12(7-17-18)13-5-15(20(22)23)16(24-2)6-14(13)19-4-3-11(8-19)10-21/h5-7,9-11H,3-4,8H2,1-2H3/t11-/m0/s1. The van der Waals surface area contributed by atoms with E-state index in [0.29, 0.717) is 12.1 Å². The van der Waals surface area contributed by atoms with Gasteiger partial charge in [0.1, 0.15) is 6.29 Å². The molecule has 8 nitrogen and oxygen atoms in total. The van der Waals surface area contributed by atoms with Crippen LogP contribution in [0.3, 0.4) is 0 Å². The first-order valence-corrected chi connectivity index (χ1v) is 7.59. The highest BCUT2D eigenvalue weighted by molar-refractivity contribution is 5.83. The third-order valence-corrected chi connectivity index (χ3v) is 4.27. The maximum atomic E-state index is 11.3. The first kappa shape index (κ1) is 16.0. The molecule has 0 N–H and O–H groups in total. The molecule has 0 saturated carbocycles. The number of hydrogen-bond donors (Lipinski definition) is 0. The third kappa shape index (κ3) is 2.82. The van der Waals surface area contributed by atoms with Crippen molar-refractivity contribution in [1.29, 1.82) is 0 Å². The van der Waals surface area contributed by atoms with Crippen molar-refractivity contribution < 1.29 is 14.5 Å². The summed E-state index contributed by atoms with van der Waals surface area (Å²) in [4.78, 5) is 24.0. The monoisotopic (exact) mass is 330 g/mol. The number of carbonyl (C=O) groups is 1. The number of anilines is 1. The van der Waals surface area contributed by atoms with Crippen molar-refractivity contribution in [3.05, 3.63) is 34.6 Å². The molecule has 0 aliphatic carbocycles. The lowest BCUT2D eigenvalue weighted by molar-refractivity contribution is -0.385. The number of carbonyl (C=O) groups excluding carboxylic acids is 1. The number of aromatic nitrogens is 2. The Bertz CT molecular complexity index is 786. The van der Waals surface area contributed by atoms with E-state index in [-0.39, 0.29) is 17.4 Å². The molecule has 3 rings (SSSR count). The summed E-state index contributed by atoms with van der Waals surface area (Å²) in [5.74, 6) is 0.185. The summed E-state index contributed by atoms with van der Waals surface area (Å²) in [7, 11) is 3.20. The fourth-order valence-electron chi connectivity index (χ4n) is 3.03. The number of aryl methyl sites for hydroxylation is 1. The molecule has 126 valence electrons. The largest absolute Gasteiger partial charge is 0.490 e. The number of nitro benzene ring substituents is 1. The van der Waals surface area contributed by atoms with Gasteiger partial charge in [-0.1, -0.05) is 0 Å². The molecule has 0 amide bonds. The smallest absolute Gasteiger partial charge is 0.311 e. The van der Waals surface area contributed by atoms with Crippen LogP contribution in [-0.4, -0.2) is 41.2 Å². The Morgan fingerprint density at radius 2 is 2.25 bits per heavy atom. The molecule has 1 aliphatic heterocycles. The van der Waals surface area contributed by atoms with Crippen molar-refractivity contribution in [2.24, 2.45) is 13.0 Å². The minimum absolute atomic E-state index is 0.0204. The molecule has 1 atom stereocenters. The van der Waals surface area contributed by atoms with E-state index in [4.69, 9.17) is 4.74 Å². The van der Waals surface area contributed by atoms with Crippen molar-refractivity contribution in [2.75, 3.05) is 25.1 Å².